The highest BCUT2D eigenvalue weighted by Crippen LogP contribution is 2.34. The predicted octanol–water partition coefficient (Wildman–Crippen LogP) is 3.55. The van der Waals surface area contributed by atoms with E-state index >= 15 is 0 Å². The summed E-state index contributed by atoms with van der Waals surface area (Å²) in [5.41, 5.74) is 3.13. The van der Waals surface area contributed by atoms with E-state index in [2.05, 4.69) is 43.4 Å². The van der Waals surface area contributed by atoms with Gasteiger partial charge in [-0.1, -0.05) is 6.07 Å². The molecule has 2 aromatic carbocycles. The van der Waals surface area contributed by atoms with E-state index in [9.17, 15) is 9.18 Å². The maximum absolute atomic E-state index is 14.6. The van der Waals surface area contributed by atoms with Crippen LogP contribution in [0.3, 0.4) is 0 Å². The summed E-state index contributed by atoms with van der Waals surface area (Å²) in [5.74, 6) is -0.500. The zero-order valence-electron chi connectivity index (χ0n) is 19.9. The maximum atomic E-state index is 14.6. The van der Waals surface area contributed by atoms with Gasteiger partial charge in [-0.2, -0.15) is 0 Å². The highest BCUT2D eigenvalue weighted by molar-refractivity contribution is 6.05. The fourth-order valence-electron chi connectivity index (χ4n) is 4.49. The van der Waals surface area contributed by atoms with E-state index < -0.39 is 5.82 Å². The average molecular weight is 477 g/mol. The summed E-state index contributed by atoms with van der Waals surface area (Å²) >= 11 is 0. The average Bonchev–Trinajstić information content (AvgIpc) is 2.83. The number of anilines is 3. The first-order chi connectivity index (χ1) is 17.0. The van der Waals surface area contributed by atoms with Crippen LogP contribution in [-0.2, 0) is 0 Å². The number of hydrogen-bond acceptors (Lipinski definition) is 7. The minimum absolute atomic E-state index is 0.0943. The molecule has 0 radical (unpaired) electrons. The Morgan fingerprint density at radius 3 is 2.77 bits per heavy atom. The number of aromatic nitrogens is 2. The van der Waals surface area contributed by atoms with Crippen molar-refractivity contribution in [2.75, 3.05) is 55.0 Å². The van der Waals surface area contributed by atoms with Crippen molar-refractivity contribution in [2.45, 2.75) is 19.4 Å². The van der Waals surface area contributed by atoms with Crippen molar-refractivity contribution in [3.8, 4) is 17.1 Å². The third kappa shape index (κ3) is 4.77. The summed E-state index contributed by atoms with van der Waals surface area (Å²) in [6.45, 7) is 6.82. The largest absolute Gasteiger partial charge is 0.496 e. The lowest BCUT2D eigenvalue weighted by atomic mass is 10.1. The third-order valence-corrected chi connectivity index (χ3v) is 6.47. The second-order valence-corrected chi connectivity index (χ2v) is 8.88. The number of amides is 1. The van der Waals surface area contributed by atoms with Crippen LogP contribution in [0.2, 0.25) is 0 Å². The molecule has 2 aliphatic rings. The van der Waals surface area contributed by atoms with Gasteiger partial charge in [0.1, 0.15) is 17.3 Å². The van der Waals surface area contributed by atoms with Gasteiger partial charge in [-0.15, -0.1) is 0 Å². The zero-order chi connectivity index (χ0) is 24.4. The van der Waals surface area contributed by atoms with Gasteiger partial charge in [0.05, 0.1) is 24.0 Å². The van der Waals surface area contributed by atoms with Gasteiger partial charge >= 0.3 is 0 Å². The van der Waals surface area contributed by atoms with Crippen molar-refractivity contribution in [1.82, 2.24) is 15.3 Å². The number of carbonyl (C=O) groups excluding carboxylic acids is 1. The molecule has 2 saturated heterocycles. The van der Waals surface area contributed by atoms with Gasteiger partial charge in [0.25, 0.3) is 5.91 Å². The lowest BCUT2D eigenvalue weighted by Gasteiger charge is -2.37. The molecule has 2 fully saturated rings. The number of methoxy groups -OCH3 is 1. The van der Waals surface area contributed by atoms with Crippen molar-refractivity contribution in [3.05, 3.63) is 60.2 Å². The predicted molar refractivity (Wildman–Crippen MR) is 135 cm³/mol. The molecule has 0 unspecified atom stereocenters. The van der Waals surface area contributed by atoms with Crippen LogP contribution < -0.4 is 25.2 Å². The van der Waals surface area contributed by atoms with E-state index in [-0.39, 0.29) is 23.0 Å². The van der Waals surface area contributed by atoms with Gasteiger partial charge < -0.3 is 25.2 Å². The molecule has 182 valence electrons. The van der Waals surface area contributed by atoms with E-state index in [4.69, 9.17) is 4.74 Å². The van der Waals surface area contributed by atoms with Gasteiger partial charge in [0.15, 0.2) is 5.82 Å². The highest BCUT2D eigenvalue weighted by atomic mass is 19.1. The first-order valence-corrected chi connectivity index (χ1v) is 11.9. The van der Waals surface area contributed by atoms with Gasteiger partial charge in [-0.05, 0) is 49.7 Å². The lowest BCUT2D eigenvalue weighted by molar-refractivity contribution is 0.102. The SMILES string of the molecule is COc1cccc(F)c1-c1nccc(C(=O)Nc2ccc(N3CCC3)cc2N2CCN[C@@H](C)C2)n1. The molecule has 3 heterocycles. The Kier molecular flexibility index (Phi) is 6.50. The molecule has 1 amide bonds. The molecule has 3 aromatic rings. The van der Waals surface area contributed by atoms with Crippen molar-refractivity contribution in [1.29, 1.82) is 0 Å². The minimum atomic E-state index is -0.515. The fraction of sp³-hybridized carbons (Fsp3) is 0.346. The monoisotopic (exact) mass is 476 g/mol. The molecule has 5 rings (SSSR count). The van der Waals surface area contributed by atoms with E-state index in [0.29, 0.717) is 11.8 Å². The number of halogens is 1. The molecule has 9 heteroatoms. The summed E-state index contributed by atoms with van der Waals surface area (Å²) < 4.78 is 19.8. The lowest BCUT2D eigenvalue weighted by Crippen LogP contribution is -2.49. The van der Waals surface area contributed by atoms with Crippen LogP contribution in [0.4, 0.5) is 21.5 Å². The molecule has 0 aliphatic carbocycles. The maximum Gasteiger partial charge on any atom is 0.274 e. The standard InChI is InChI=1S/C26H29FN6O2/c1-17-16-33(14-11-28-17)22-15-18(32-12-4-13-32)7-8-20(22)31-26(34)21-9-10-29-25(30-21)24-19(27)5-3-6-23(24)35-2/h3,5-10,15,17,28H,4,11-14,16H2,1-2H3,(H,31,34)/t17-/m0/s1. The number of rotatable bonds is 6. The molecule has 1 atom stereocenters. The molecule has 2 N–H and O–H groups in total. The number of nitrogens with one attached hydrogen (secondary N) is 2. The van der Waals surface area contributed by atoms with Crippen LogP contribution >= 0.6 is 0 Å². The molecule has 35 heavy (non-hydrogen) atoms. The van der Waals surface area contributed by atoms with Crippen molar-refractivity contribution in [2.24, 2.45) is 0 Å². The number of benzene rings is 2. The van der Waals surface area contributed by atoms with Crippen LogP contribution in [-0.4, -0.2) is 61.8 Å². The van der Waals surface area contributed by atoms with Crippen LogP contribution in [0.15, 0.2) is 48.7 Å². The second-order valence-electron chi connectivity index (χ2n) is 8.88. The Hall–Kier alpha value is -3.72. The molecule has 1 aromatic heterocycles. The van der Waals surface area contributed by atoms with Gasteiger partial charge in [0.2, 0.25) is 0 Å². The summed E-state index contributed by atoms with van der Waals surface area (Å²) in [6, 6.07) is 12.5. The first kappa shape index (κ1) is 23.0. The molecule has 8 nitrogen and oxygen atoms in total. The molecule has 0 bridgehead atoms. The van der Waals surface area contributed by atoms with E-state index in [0.717, 1.165) is 49.8 Å². The van der Waals surface area contributed by atoms with Crippen LogP contribution in [0.5, 0.6) is 5.75 Å². The molecular formula is C26H29FN6O2. The zero-order valence-corrected chi connectivity index (χ0v) is 19.9. The van der Waals surface area contributed by atoms with Crippen LogP contribution in [0.1, 0.15) is 23.8 Å². The van der Waals surface area contributed by atoms with Crippen LogP contribution in [0, 0.1) is 5.82 Å². The van der Waals surface area contributed by atoms with Crippen molar-refractivity contribution >= 4 is 23.0 Å². The first-order valence-electron chi connectivity index (χ1n) is 11.9. The van der Waals surface area contributed by atoms with E-state index in [1.165, 1.54) is 31.9 Å². The summed E-state index contributed by atoms with van der Waals surface area (Å²) in [5, 5.41) is 6.49. The number of ether oxygens (including phenoxy) is 1. The molecule has 2 aliphatic heterocycles. The summed E-state index contributed by atoms with van der Waals surface area (Å²) in [7, 11) is 1.46. The normalized spacial score (nSPS) is 17.6. The van der Waals surface area contributed by atoms with Crippen LogP contribution in [0.25, 0.3) is 11.4 Å². The fourth-order valence-corrected chi connectivity index (χ4v) is 4.49. The smallest absolute Gasteiger partial charge is 0.274 e. The molecule has 0 saturated carbocycles. The molecule has 0 spiro atoms. The Bertz CT molecular complexity index is 1230. The van der Waals surface area contributed by atoms with Gasteiger partial charge in [-0.25, -0.2) is 14.4 Å². The Morgan fingerprint density at radius 1 is 1.17 bits per heavy atom. The number of piperazine rings is 1. The van der Waals surface area contributed by atoms with E-state index in [1.807, 2.05) is 12.1 Å². The van der Waals surface area contributed by atoms with Crippen molar-refractivity contribution in [3.63, 3.8) is 0 Å². The Morgan fingerprint density at radius 2 is 2.03 bits per heavy atom. The second kappa shape index (κ2) is 9.87. The Labute approximate surface area is 204 Å². The number of carbonyl (C=O) groups is 1. The third-order valence-electron chi connectivity index (χ3n) is 6.47. The van der Waals surface area contributed by atoms with Crippen molar-refractivity contribution < 1.29 is 13.9 Å². The quantitative estimate of drug-likeness (QED) is 0.563. The highest BCUT2D eigenvalue weighted by Gasteiger charge is 2.23. The Balaban J connectivity index is 1.44. The summed E-state index contributed by atoms with van der Waals surface area (Å²) in [4.78, 5) is 26.4. The minimum Gasteiger partial charge on any atom is -0.496 e. The number of hydrogen-bond donors (Lipinski definition) is 2. The topological polar surface area (TPSA) is 82.6 Å². The summed E-state index contributed by atoms with van der Waals surface area (Å²) in [6.07, 6.45) is 2.65. The molecular weight excluding hydrogens is 447 g/mol. The van der Waals surface area contributed by atoms with E-state index in [1.54, 1.807) is 12.1 Å². The van der Waals surface area contributed by atoms with Gasteiger partial charge in [-0.3, -0.25) is 4.79 Å². The van der Waals surface area contributed by atoms with Gasteiger partial charge in [0, 0.05) is 50.6 Å². The number of nitrogens with zero attached hydrogens (tertiary/aromatic N) is 4.